The van der Waals surface area contributed by atoms with Crippen LogP contribution in [0.4, 0.5) is 5.69 Å². The maximum atomic E-state index is 12.2. The number of likely N-dealkylation sites (N-methyl/N-ethyl adjacent to an activating group) is 1. The van der Waals surface area contributed by atoms with E-state index in [4.69, 9.17) is 0 Å². The third-order valence-corrected chi connectivity index (χ3v) is 3.21. The van der Waals surface area contributed by atoms with E-state index < -0.39 is 5.60 Å². The van der Waals surface area contributed by atoms with Gasteiger partial charge in [-0.2, -0.15) is 0 Å². The monoisotopic (exact) mass is 278 g/mol. The van der Waals surface area contributed by atoms with Crippen LogP contribution in [0.1, 0.15) is 38.1 Å². The summed E-state index contributed by atoms with van der Waals surface area (Å²) in [5.74, 6) is -0.0711. The van der Waals surface area contributed by atoms with E-state index in [2.05, 4.69) is 18.7 Å². The van der Waals surface area contributed by atoms with Gasteiger partial charge in [0.15, 0.2) is 0 Å². The molecule has 0 heterocycles. The molecule has 4 heteroatoms. The van der Waals surface area contributed by atoms with E-state index >= 15 is 0 Å². The molecule has 0 fully saturated rings. The van der Waals surface area contributed by atoms with E-state index in [1.54, 1.807) is 25.8 Å². The van der Waals surface area contributed by atoms with Gasteiger partial charge in [-0.25, -0.2) is 0 Å². The largest absolute Gasteiger partial charge is 0.389 e. The third kappa shape index (κ3) is 4.53. The molecule has 0 atom stereocenters. The van der Waals surface area contributed by atoms with Gasteiger partial charge in [0.25, 0.3) is 5.91 Å². The van der Waals surface area contributed by atoms with Crippen LogP contribution in [0, 0.1) is 0 Å². The highest BCUT2D eigenvalue weighted by molar-refractivity contribution is 5.94. The van der Waals surface area contributed by atoms with Crippen molar-refractivity contribution in [2.45, 2.75) is 33.3 Å². The topological polar surface area (TPSA) is 43.8 Å². The molecule has 0 bridgehead atoms. The van der Waals surface area contributed by atoms with Crippen LogP contribution in [0.15, 0.2) is 24.3 Å². The Kier molecular flexibility index (Phi) is 5.57. The summed E-state index contributed by atoms with van der Waals surface area (Å²) in [6.45, 7) is 9.81. The average Bonchev–Trinajstić information content (AvgIpc) is 2.38. The number of amides is 1. The Morgan fingerprint density at radius 2 is 1.65 bits per heavy atom. The number of rotatable bonds is 6. The van der Waals surface area contributed by atoms with Gasteiger partial charge in [-0.05, 0) is 52.0 Å². The standard InChI is InChI=1S/C16H26N2O2/c1-6-18(7-2)14-10-8-13(9-11-14)15(19)17(5)12-16(3,4)20/h8-11,20H,6-7,12H2,1-5H3. The van der Waals surface area contributed by atoms with E-state index in [1.165, 1.54) is 0 Å². The molecule has 1 aromatic rings. The van der Waals surface area contributed by atoms with Crippen LogP contribution < -0.4 is 4.90 Å². The summed E-state index contributed by atoms with van der Waals surface area (Å²) >= 11 is 0. The fourth-order valence-electron chi connectivity index (χ4n) is 2.28. The van der Waals surface area contributed by atoms with Crippen molar-refractivity contribution in [3.8, 4) is 0 Å². The quantitative estimate of drug-likeness (QED) is 0.869. The molecule has 0 saturated heterocycles. The van der Waals surface area contributed by atoms with Crippen molar-refractivity contribution in [1.29, 1.82) is 0 Å². The molecule has 1 aromatic carbocycles. The van der Waals surface area contributed by atoms with Crippen molar-refractivity contribution in [3.05, 3.63) is 29.8 Å². The van der Waals surface area contributed by atoms with Crippen LogP contribution in [-0.2, 0) is 0 Å². The first-order chi connectivity index (χ1) is 9.28. The first-order valence-corrected chi connectivity index (χ1v) is 7.11. The highest BCUT2D eigenvalue weighted by atomic mass is 16.3. The molecule has 0 unspecified atom stereocenters. The van der Waals surface area contributed by atoms with Crippen LogP contribution in [0.5, 0.6) is 0 Å². The van der Waals surface area contributed by atoms with E-state index in [0.717, 1.165) is 18.8 Å². The number of carbonyl (C=O) groups excluding carboxylic acids is 1. The van der Waals surface area contributed by atoms with Crippen LogP contribution in [0.25, 0.3) is 0 Å². The van der Waals surface area contributed by atoms with Gasteiger partial charge in [0.2, 0.25) is 0 Å². The summed E-state index contributed by atoms with van der Waals surface area (Å²) in [5.41, 5.74) is 0.885. The molecule has 0 saturated carbocycles. The molecule has 0 aliphatic rings. The maximum absolute atomic E-state index is 12.2. The Balaban J connectivity index is 2.80. The predicted octanol–water partition coefficient (Wildman–Crippen LogP) is 2.38. The van der Waals surface area contributed by atoms with Crippen molar-refractivity contribution in [2.75, 3.05) is 31.6 Å². The molecule has 112 valence electrons. The van der Waals surface area contributed by atoms with Gasteiger partial charge in [-0.15, -0.1) is 0 Å². The second kappa shape index (κ2) is 6.75. The van der Waals surface area contributed by atoms with Gasteiger partial charge in [-0.3, -0.25) is 4.79 Å². The highest BCUT2D eigenvalue weighted by Crippen LogP contribution is 2.16. The summed E-state index contributed by atoms with van der Waals surface area (Å²) in [6.07, 6.45) is 0. The average molecular weight is 278 g/mol. The predicted molar refractivity (Wildman–Crippen MR) is 83.3 cm³/mol. The van der Waals surface area contributed by atoms with E-state index in [0.29, 0.717) is 12.1 Å². The lowest BCUT2D eigenvalue weighted by Crippen LogP contribution is -2.39. The Morgan fingerprint density at radius 3 is 2.05 bits per heavy atom. The number of nitrogens with zero attached hydrogens (tertiary/aromatic N) is 2. The van der Waals surface area contributed by atoms with Gasteiger partial charge >= 0.3 is 0 Å². The summed E-state index contributed by atoms with van der Waals surface area (Å²) < 4.78 is 0. The maximum Gasteiger partial charge on any atom is 0.253 e. The van der Waals surface area contributed by atoms with Crippen LogP contribution >= 0.6 is 0 Å². The molecule has 1 rings (SSSR count). The van der Waals surface area contributed by atoms with Crippen LogP contribution in [0.3, 0.4) is 0 Å². The van der Waals surface area contributed by atoms with E-state index in [-0.39, 0.29) is 5.91 Å². The minimum absolute atomic E-state index is 0.0711. The lowest BCUT2D eigenvalue weighted by molar-refractivity contribution is 0.0368. The Morgan fingerprint density at radius 1 is 1.15 bits per heavy atom. The Labute approximate surface area is 122 Å². The normalized spacial score (nSPS) is 11.3. The molecule has 20 heavy (non-hydrogen) atoms. The smallest absolute Gasteiger partial charge is 0.253 e. The van der Waals surface area contributed by atoms with Crippen LogP contribution in [0.2, 0.25) is 0 Å². The number of hydrogen-bond acceptors (Lipinski definition) is 3. The fourth-order valence-corrected chi connectivity index (χ4v) is 2.28. The molecule has 1 amide bonds. The molecule has 1 N–H and O–H groups in total. The Bertz CT molecular complexity index is 431. The Hall–Kier alpha value is -1.55. The number of anilines is 1. The molecule has 4 nitrogen and oxygen atoms in total. The highest BCUT2D eigenvalue weighted by Gasteiger charge is 2.20. The number of benzene rings is 1. The minimum atomic E-state index is -0.883. The number of carbonyl (C=O) groups is 1. The van der Waals surface area contributed by atoms with Crippen molar-refractivity contribution in [1.82, 2.24) is 4.90 Å². The molecular formula is C16H26N2O2. The zero-order valence-corrected chi connectivity index (χ0v) is 13.2. The summed E-state index contributed by atoms with van der Waals surface area (Å²) in [6, 6.07) is 7.63. The van der Waals surface area contributed by atoms with Gasteiger partial charge in [0.1, 0.15) is 0 Å². The molecule has 0 spiro atoms. The van der Waals surface area contributed by atoms with Gasteiger partial charge in [-0.1, -0.05) is 0 Å². The zero-order valence-electron chi connectivity index (χ0n) is 13.2. The lowest BCUT2D eigenvalue weighted by Gasteiger charge is -2.26. The second-order valence-corrected chi connectivity index (χ2v) is 5.69. The first-order valence-electron chi connectivity index (χ1n) is 7.11. The van der Waals surface area contributed by atoms with Crippen molar-refractivity contribution in [3.63, 3.8) is 0 Å². The molecular weight excluding hydrogens is 252 g/mol. The summed E-state index contributed by atoms with van der Waals surface area (Å²) in [4.78, 5) is 16.0. The minimum Gasteiger partial charge on any atom is -0.389 e. The van der Waals surface area contributed by atoms with E-state index in [9.17, 15) is 9.90 Å². The third-order valence-electron chi connectivity index (χ3n) is 3.21. The lowest BCUT2D eigenvalue weighted by atomic mass is 10.1. The van der Waals surface area contributed by atoms with Gasteiger partial charge in [0, 0.05) is 37.9 Å². The number of hydrogen-bond donors (Lipinski definition) is 1. The van der Waals surface area contributed by atoms with Crippen molar-refractivity contribution in [2.24, 2.45) is 0 Å². The van der Waals surface area contributed by atoms with Crippen molar-refractivity contribution < 1.29 is 9.90 Å². The van der Waals surface area contributed by atoms with Crippen molar-refractivity contribution >= 4 is 11.6 Å². The zero-order chi connectivity index (χ0) is 15.3. The summed E-state index contributed by atoms with van der Waals surface area (Å²) in [5, 5.41) is 9.76. The number of aliphatic hydroxyl groups is 1. The van der Waals surface area contributed by atoms with Crippen LogP contribution in [-0.4, -0.2) is 48.2 Å². The molecule has 0 aliphatic carbocycles. The van der Waals surface area contributed by atoms with Gasteiger partial charge < -0.3 is 14.9 Å². The molecule has 0 aromatic heterocycles. The molecule has 0 aliphatic heterocycles. The fraction of sp³-hybridized carbons (Fsp3) is 0.562. The second-order valence-electron chi connectivity index (χ2n) is 5.69. The molecule has 0 radical (unpaired) electrons. The first kappa shape index (κ1) is 16.5. The van der Waals surface area contributed by atoms with E-state index in [1.807, 2.05) is 24.3 Å². The van der Waals surface area contributed by atoms with Gasteiger partial charge in [0.05, 0.1) is 5.60 Å². The summed E-state index contributed by atoms with van der Waals surface area (Å²) in [7, 11) is 1.71. The SMILES string of the molecule is CCN(CC)c1ccc(C(=O)N(C)CC(C)(C)O)cc1.